The van der Waals surface area contributed by atoms with Crippen molar-refractivity contribution in [1.82, 2.24) is 14.8 Å². The summed E-state index contributed by atoms with van der Waals surface area (Å²) in [7, 11) is -1.56. The molecule has 1 aliphatic rings. The topological polar surface area (TPSA) is 112 Å². The van der Waals surface area contributed by atoms with Gasteiger partial charge in [0, 0.05) is 11.3 Å². The molecule has 1 fully saturated rings. The Bertz CT molecular complexity index is 1830. The number of fused-ring (bicyclic) bond motifs is 1. The first-order chi connectivity index (χ1) is 19.8. The highest BCUT2D eigenvalue weighted by Crippen LogP contribution is 2.33. The van der Waals surface area contributed by atoms with E-state index in [2.05, 4.69) is 10.4 Å². The summed E-state index contributed by atoms with van der Waals surface area (Å²) in [6, 6.07) is 25.4. The van der Waals surface area contributed by atoms with Crippen LogP contribution in [0.5, 0.6) is 17.2 Å². The Morgan fingerprint density at radius 1 is 0.951 bits per heavy atom. The van der Waals surface area contributed by atoms with Gasteiger partial charge in [-0.3, -0.25) is 4.79 Å². The molecule has 1 N–H and O–H groups in total. The van der Waals surface area contributed by atoms with Crippen molar-refractivity contribution >= 4 is 32.5 Å². The number of amides is 1. The molecule has 1 amide bonds. The first kappa shape index (κ1) is 26.5. The number of methoxy groups -OCH3 is 1. The molecule has 0 bridgehead atoms. The van der Waals surface area contributed by atoms with E-state index in [9.17, 15) is 13.2 Å². The van der Waals surface area contributed by atoms with Crippen LogP contribution >= 0.6 is 0 Å². The molecule has 1 atom stereocenters. The number of anilines is 1. The number of pyridine rings is 1. The second-order valence-corrected chi connectivity index (χ2v) is 12.2. The van der Waals surface area contributed by atoms with Gasteiger partial charge in [0.2, 0.25) is 0 Å². The molecule has 0 spiro atoms. The Kier molecular flexibility index (Phi) is 6.92. The lowest BCUT2D eigenvalue weighted by Crippen LogP contribution is -2.15. The number of para-hydroxylation sites is 1. The first-order valence-corrected chi connectivity index (χ1v) is 15.0. The lowest BCUT2D eigenvalue weighted by Gasteiger charge is -2.13. The average molecular weight is 569 g/mol. The van der Waals surface area contributed by atoms with Crippen molar-refractivity contribution < 1.29 is 22.7 Å². The van der Waals surface area contributed by atoms with Gasteiger partial charge in [-0.2, -0.15) is 5.10 Å². The van der Waals surface area contributed by atoms with E-state index in [1.54, 1.807) is 42.1 Å². The summed E-state index contributed by atoms with van der Waals surface area (Å²) in [5.41, 5.74) is 3.44. The van der Waals surface area contributed by atoms with Gasteiger partial charge in [-0.1, -0.05) is 18.2 Å². The Hall–Kier alpha value is -4.70. The summed E-state index contributed by atoms with van der Waals surface area (Å²) >= 11 is 0. The number of ether oxygens (including phenoxy) is 2. The number of benzene rings is 3. The molecule has 208 valence electrons. The largest absolute Gasteiger partial charge is 0.497 e. The van der Waals surface area contributed by atoms with Crippen molar-refractivity contribution in [1.29, 1.82) is 0 Å². The number of aryl methyl sites for hydroxylation is 1. The maximum absolute atomic E-state index is 13.8. The number of nitrogens with one attached hydrogen (secondary N) is 1. The summed E-state index contributed by atoms with van der Waals surface area (Å²) < 4.78 is 37.4. The van der Waals surface area contributed by atoms with Crippen LogP contribution in [0, 0.1) is 6.92 Å². The normalized spacial score (nSPS) is 16.0. The average Bonchev–Trinajstić information content (AvgIpc) is 3.52. The van der Waals surface area contributed by atoms with Gasteiger partial charge < -0.3 is 14.8 Å². The number of hydrogen-bond acceptors (Lipinski definition) is 7. The van der Waals surface area contributed by atoms with Crippen molar-refractivity contribution in [2.24, 2.45) is 0 Å². The van der Waals surface area contributed by atoms with Gasteiger partial charge in [-0.15, -0.1) is 0 Å². The van der Waals surface area contributed by atoms with Crippen LogP contribution in [0.3, 0.4) is 0 Å². The predicted molar refractivity (Wildman–Crippen MR) is 157 cm³/mol. The van der Waals surface area contributed by atoms with Crippen molar-refractivity contribution in [3.05, 3.63) is 96.2 Å². The molecule has 1 unspecified atom stereocenters. The zero-order chi connectivity index (χ0) is 28.6. The van der Waals surface area contributed by atoms with Gasteiger partial charge in [0.1, 0.15) is 17.2 Å². The van der Waals surface area contributed by atoms with E-state index in [1.807, 2.05) is 61.5 Å². The van der Waals surface area contributed by atoms with E-state index >= 15 is 0 Å². The maximum Gasteiger partial charge on any atom is 0.256 e. The predicted octanol–water partition coefficient (Wildman–Crippen LogP) is 5.82. The number of hydrogen-bond donors (Lipinski definition) is 1. The Labute approximate surface area is 237 Å². The zero-order valence-corrected chi connectivity index (χ0v) is 23.4. The van der Waals surface area contributed by atoms with Crippen LogP contribution in [-0.2, 0) is 9.84 Å². The number of carbonyl (C=O) groups is 1. The monoisotopic (exact) mass is 568 g/mol. The highest BCUT2D eigenvalue weighted by molar-refractivity contribution is 7.91. The number of nitrogens with zero attached hydrogens (tertiary/aromatic N) is 3. The first-order valence-electron chi connectivity index (χ1n) is 13.2. The van der Waals surface area contributed by atoms with E-state index in [0.717, 1.165) is 11.3 Å². The smallest absolute Gasteiger partial charge is 0.256 e. The molecular weight excluding hydrogens is 540 g/mol. The van der Waals surface area contributed by atoms with Crippen LogP contribution < -0.4 is 14.8 Å². The third kappa shape index (κ3) is 5.51. The third-order valence-electron chi connectivity index (χ3n) is 7.11. The van der Waals surface area contributed by atoms with Crippen LogP contribution in [0.25, 0.3) is 22.3 Å². The van der Waals surface area contributed by atoms with Crippen molar-refractivity contribution in [3.63, 3.8) is 0 Å². The summed E-state index contributed by atoms with van der Waals surface area (Å²) in [6.45, 7) is 1.81. The second kappa shape index (κ2) is 10.7. The summed E-state index contributed by atoms with van der Waals surface area (Å²) in [6.07, 6.45) is 0.450. The van der Waals surface area contributed by atoms with E-state index < -0.39 is 9.84 Å². The molecule has 9 nitrogen and oxygen atoms in total. The Balaban J connectivity index is 1.37. The second-order valence-electron chi connectivity index (χ2n) is 9.96. The van der Waals surface area contributed by atoms with Crippen molar-refractivity contribution in [2.75, 3.05) is 23.9 Å². The fraction of sp³-hybridized carbons (Fsp3) is 0.194. The highest BCUT2D eigenvalue weighted by Gasteiger charge is 2.32. The van der Waals surface area contributed by atoms with Crippen LogP contribution in [0.1, 0.15) is 28.5 Å². The molecule has 6 rings (SSSR count). The molecule has 0 radical (unpaired) electrons. The lowest BCUT2D eigenvalue weighted by molar-refractivity contribution is 0.102. The van der Waals surface area contributed by atoms with E-state index in [4.69, 9.17) is 14.5 Å². The fourth-order valence-corrected chi connectivity index (χ4v) is 6.75. The highest BCUT2D eigenvalue weighted by atomic mass is 32.2. The number of rotatable bonds is 7. The summed E-state index contributed by atoms with van der Waals surface area (Å²) in [5, 5.41) is 8.25. The van der Waals surface area contributed by atoms with Crippen molar-refractivity contribution in [3.8, 4) is 28.5 Å². The lowest BCUT2D eigenvalue weighted by atomic mass is 10.0. The summed E-state index contributed by atoms with van der Waals surface area (Å²) in [5.74, 6) is 1.84. The minimum atomic E-state index is -3.16. The number of sulfone groups is 1. The molecule has 0 saturated carbocycles. The van der Waals surface area contributed by atoms with Gasteiger partial charge in [0.05, 0.1) is 47.0 Å². The molecule has 0 aliphatic carbocycles. The Morgan fingerprint density at radius 3 is 2.29 bits per heavy atom. The molecule has 3 aromatic carbocycles. The minimum absolute atomic E-state index is 0.00338. The molecule has 10 heteroatoms. The molecule has 1 aliphatic heterocycles. The van der Waals surface area contributed by atoms with Crippen LogP contribution in [0.15, 0.2) is 84.9 Å². The summed E-state index contributed by atoms with van der Waals surface area (Å²) in [4.78, 5) is 18.6. The molecule has 5 aromatic rings. The standard InChI is InChI=1S/C31H28N4O5S/c1-20-29-27(31(36)32-22-10-14-26(15-11-22)40-25-6-4-3-5-7-25)18-28(21-8-12-24(39-2)13-9-21)33-30(29)35(34-20)23-16-17-41(37,38)19-23/h3-15,18,23H,16-17,19H2,1-2H3,(H,32,36). The molecule has 2 aromatic heterocycles. The van der Waals surface area contributed by atoms with Gasteiger partial charge in [0.15, 0.2) is 15.5 Å². The quantitative estimate of drug-likeness (QED) is 0.263. The molecule has 1 saturated heterocycles. The number of aromatic nitrogens is 3. The fourth-order valence-electron chi connectivity index (χ4n) is 5.05. The molecular formula is C31H28N4O5S. The van der Waals surface area contributed by atoms with Gasteiger partial charge in [0.25, 0.3) is 5.91 Å². The van der Waals surface area contributed by atoms with Crippen LogP contribution in [0.4, 0.5) is 5.69 Å². The van der Waals surface area contributed by atoms with Gasteiger partial charge in [-0.05, 0) is 80.1 Å². The van der Waals surface area contributed by atoms with Crippen molar-refractivity contribution in [2.45, 2.75) is 19.4 Å². The molecule has 3 heterocycles. The van der Waals surface area contributed by atoms with Crippen LogP contribution in [-0.4, -0.2) is 47.7 Å². The zero-order valence-electron chi connectivity index (χ0n) is 22.6. The minimum Gasteiger partial charge on any atom is -0.497 e. The van der Waals surface area contributed by atoms with E-state index in [0.29, 0.717) is 51.6 Å². The van der Waals surface area contributed by atoms with Gasteiger partial charge >= 0.3 is 0 Å². The molecule has 41 heavy (non-hydrogen) atoms. The van der Waals surface area contributed by atoms with E-state index in [1.165, 1.54) is 0 Å². The maximum atomic E-state index is 13.8. The van der Waals surface area contributed by atoms with E-state index in [-0.39, 0.29) is 23.5 Å². The van der Waals surface area contributed by atoms with Gasteiger partial charge in [-0.25, -0.2) is 18.1 Å². The number of carbonyl (C=O) groups excluding carboxylic acids is 1. The Morgan fingerprint density at radius 2 is 1.63 bits per heavy atom. The SMILES string of the molecule is COc1ccc(-c2cc(C(=O)Nc3ccc(Oc4ccccc4)cc3)c3c(C)nn(C4CCS(=O)(=O)C4)c3n2)cc1. The third-order valence-corrected chi connectivity index (χ3v) is 8.86. The van der Waals surface area contributed by atoms with Crippen LogP contribution in [0.2, 0.25) is 0 Å².